The molecular weight excluding hydrogens is 328 g/mol. The maximum Gasteiger partial charge on any atom is 0.238 e. The summed E-state index contributed by atoms with van der Waals surface area (Å²) in [6, 6.07) is 5.74. The minimum Gasteiger partial charge on any atom is -0.323 e. The fourth-order valence-corrected chi connectivity index (χ4v) is 3.14. The van der Waals surface area contributed by atoms with E-state index < -0.39 is 0 Å². The van der Waals surface area contributed by atoms with Crippen LogP contribution < -0.4 is 10.6 Å². The molecule has 7 nitrogen and oxygen atoms in total. The van der Waals surface area contributed by atoms with E-state index in [-0.39, 0.29) is 5.91 Å². The Balaban J connectivity index is 1.69. The van der Waals surface area contributed by atoms with Crippen LogP contribution in [-0.4, -0.2) is 58.3 Å². The number of nitrogens with one attached hydrogen (secondary N) is 2. The van der Waals surface area contributed by atoms with Gasteiger partial charge in [-0.25, -0.2) is 9.67 Å². The molecule has 1 saturated heterocycles. The lowest BCUT2D eigenvalue weighted by molar-refractivity contribution is -0.117. The van der Waals surface area contributed by atoms with Crippen molar-refractivity contribution < 1.29 is 4.79 Å². The lowest BCUT2D eigenvalue weighted by Crippen LogP contribution is -2.46. The molecule has 1 aliphatic heterocycles. The molecule has 1 atom stereocenters. The summed E-state index contributed by atoms with van der Waals surface area (Å²) < 4.78 is 1.60. The van der Waals surface area contributed by atoms with Gasteiger partial charge in [0, 0.05) is 17.6 Å². The normalized spacial score (nSPS) is 18.5. The van der Waals surface area contributed by atoms with Gasteiger partial charge in [-0.15, -0.1) is 0 Å². The van der Waals surface area contributed by atoms with Crippen molar-refractivity contribution in [3.05, 3.63) is 35.9 Å². The molecule has 0 aliphatic carbocycles. The summed E-state index contributed by atoms with van der Waals surface area (Å²) in [4.78, 5) is 18.6. The topological polar surface area (TPSA) is 75.1 Å². The summed E-state index contributed by atoms with van der Waals surface area (Å²) in [5.41, 5.74) is 1.36. The van der Waals surface area contributed by atoms with Crippen LogP contribution in [0.15, 0.2) is 30.9 Å². The summed E-state index contributed by atoms with van der Waals surface area (Å²) in [5, 5.41) is 10.9. The second-order valence-electron chi connectivity index (χ2n) is 5.91. The van der Waals surface area contributed by atoms with Crippen molar-refractivity contribution in [3.63, 3.8) is 0 Å². The van der Waals surface area contributed by atoms with Crippen LogP contribution in [0, 0.1) is 0 Å². The smallest absolute Gasteiger partial charge is 0.238 e. The highest BCUT2D eigenvalue weighted by Gasteiger charge is 2.20. The van der Waals surface area contributed by atoms with E-state index in [9.17, 15) is 4.79 Å². The Labute approximate surface area is 146 Å². The van der Waals surface area contributed by atoms with Gasteiger partial charge in [0.2, 0.25) is 5.91 Å². The van der Waals surface area contributed by atoms with Gasteiger partial charge in [0.05, 0.1) is 17.9 Å². The van der Waals surface area contributed by atoms with Crippen LogP contribution in [0.4, 0.5) is 5.69 Å². The SMILES string of the molecule is CNC1CCCN(CC(=O)Nc2cc(Cl)ccc2-n2cncn2)C1. The van der Waals surface area contributed by atoms with Gasteiger partial charge < -0.3 is 10.6 Å². The first-order chi connectivity index (χ1) is 11.7. The second-order valence-corrected chi connectivity index (χ2v) is 6.35. The Bertz CT molecular complexity index is 690. The Kier molecular flexibility index (Phi) is 5.44. The zero-order chi connectivity index (χ0) is 16.9. The van der Waals surface area contributed by atoms with Gasteiger partial charge in [-0.3, -0.25) is 9.69 Å². The van der Waals surface area contributed by atoms with E-state index in [0.717, 1.165) is 31.6 Å². The monoisotopic (exact) mass is 348 g/mol. The zero-order valence-corrected chi connectivity index (χ0v) is 14.3. The molecule has 0 saturated carbocycles. The van der Waals surface area contributed by atoms with E-state index in [4.69, 9.17) is 11.6 Å². The zero-order valence-electron chi connectivity index (χ0n) is 13.6. The van der Waals surface area contributed by atoms with E-state index >= 15 is 0 Å². The van der Waals surface area contributed by atoms with Crippen molar-refractivity contribution in [2.75, 3.05) is 32.0 Å². The summed E-state index contributed by atoms with van der Waals surface area (Å²) >= 11 is 6.08. The third-order valence-corrected chi connectivity index (χ3v) is 4.41. The summed E-state index contributed by atoms with van der Waals surface area (Å²) in [5.74, 6) is -0.0598. The summed E-state index contributed by atoms with van der Waals surface area (Å²) in [6.07, 6.45) is 5.28. The van der Waals surface area contributed by atoms with Crippen LogP contribution >= 0.6 is 11.6 Å². The highest BCUT2D eigenvalue weighted by Crippen LogP contribution is 2.24. The Morgan fingerprint density at radius 2 is 2.33 bits per heavy atom. The number of rotatable bonds is 5. The van der Waals surface area contributed by atoms with Crippen molar-refractivity contribution >= 4 is 23.2 Å². The van der Waals surface area contributed by atoms with Gasteiger partial charge in [0.1, 0.15) is 12.7 Å². The van der Waals surface area contributed by atoms with Crippen LogP contribution in [0.1, 0.15) is 12.8 Å². The fraction of sp³-hybridized carbons (Fsp3) is 0.438. The maximum atomic E-state index is 12.4. The Morgan fingerprint density at radius 3 is 3.08 bits per heavy atom. The molecule has 1 aromatic carbocycles. The van der Waals surface area contributed by atoms with Crippen LogP contribution in [0.3, 0.4) is 0 Å². The molecule has 128 valence electrons. The predicted molar refractivity (Wildman–Crippen MR) is 93.5 cm³/mol. The van der Waals surface area contributed by atoms with E-state index in [0.29, 0.717) is 23.3 Å². The number of aromatic nitrogens is 3. The maximum absolute atomic E-state index is 12.4. The number of amides is 1. The second kappa shape index (κ2) is 7.74. The first kappa shape index (κ1) is 16.9. The molecule has 1 fully saturated rings. The van der Waals surface area contributed by atoms with Gasteiger partial charge in [-0.2, -0.15) is 5.10 Å². The number of nitrogens with zero attached hydrogens (tertiary/aromatic N) is 4. The predicted octanol–water partition coefficient (Wildman–Crippen LogP) is 1.54. The highest BCUT2D eigenvalue weighted by molar-refractivity contribution is 6.31. The van der Waals surface area contributed by atoms with Gasteiger partial charge in [0.15, 0.2) is 0 Å². The lowest BCUT2D eigenvalue weighted by atomic mass is 10.1. The van der Waals surface area contributed by atoms with Crippen molar-refractivity contribution in [3.8, 4) is 5.69 Å². The Morgan fingerprint density at radius 1 is 1.46 bits per heavy atom. The van der Waals surface area contributed by atoms with Crippen molar-refractivity contribution in [2.45, 2.75) is 18.9 Å². The van der Waals surface area contributed by atoms with Gasteiger partial charge in [-0.1, -0.05) is 11.6 Å². The third-order valence-electron chi connectivity index (χ3n) is 4.18. The van der Waals surface area contributed by atoms with Crippen molar-refractivity contribution in [1.29, 1.82) is 0 Å². The van der Waals surface area contributed by atoms with Gasteiger partial charge in [-0.05, 0) is 44.6 Å². The van der Waals surface area contributed by atoms with Crippen molar-refractivity contribution in [2.24, 2.45) is 0 Å². The average Bonchev–Trinajstić information content (AvgIpc) is 3.09. The third kappa shape index (κ3) is 4.11. The number of carbonyl (C=O) groups excluding carboxylic acids is 1. The molecule has 1 aliphatic rings. The Hall–Kier alpha value is -1.96. The van der Waals surface area contributed by atoms with E-state index in [1.807, 2.05) is 13.1 Å². The summed E-state index contributed by atoms with van der Waals surface area (Å²) in [7, 11) is 1.96. The molecular formula is C16H21ClN6O. The van der Waals surface area contributed by atoms with Crippen LogP contribution in [0.25, 0.3) is 5.69 Å². The largest absolute Gasteiger partial charge is 0.323 e. The number of carbonyl (C=O) groups is 1. The molecule has 1 aromatic heterocycles. The van der Waals surface area contributed by atoms with Gasteiger partial charge in [0.25, 0.3) is 0 Å². The molecule has 0 spiro atoms. The first-order valence-electron chi connectivity index (χ1n) is 7.99. The quantitative estimate of drug-likeness (QED) is 0.857. The van der Waals surface area contributed by atoms with Crippen LogP contribution in [0.2, 0.25) is 5.02 Å². The first-order valence-corrected chi connectivity index (χ1v) is 8.37. The van der Waals surface area contributed by atoms with E-state index in [1.54, 1.807) is 23.1 Å². The van der Waals surface area contributed by atoms with E-state index in [1.165, 1.54) is 6.33 Å². The number of hydrogen-bond donors (Lipinski definition) is 2. The number of benzene rings is 1. The number of likely N-dealkylation sites (tertiary alicyclic amines) is 1. The molecule has 8 heteroatoms. The minimum absolute atomic E-state index is 0.0598. The molecule has 3 rings (SSSR count). The minimum atomic E-state index is -0.0598. The molecule has 0 bridgehead atoms. The molecule has 2 N–H and O–H groups in total. The molecule has 1 amide bonds. The molecule has 2 heterocycles. The van der Waals surface area contributed by atoms with Crippen LogP contribution in [0.5, 0.6) is 0 Å². The number of piperidine rings is 1. The molecule has 1 unspecified atom stereocenters. The number of likely N-dealkylation sites (N-methyl/N-ethyl adjacent to an activating group) is 1. The highest BCUT2D eigenvalue weighted by atomic mass is 35.5. The van der Waals surface area contributed by atoms with Crippen molar-refractivity contribution in [1.82, 2.24) is 25.0 Å². The van der Waals surface area contributed by atoms with Gasteiger partial charge >= 0.3 is 0 Å². The number of hydrogen-bond acceptors (Lipinski definition) is 5. The lowest BCUT2D eigenvalue weighted by Gasteiger charge is -2.31. The average molecular weight is 349 g/mol. The van der Waals surface area contributed by atoms with Crippen LogP contribution in [-0.2, 0) is 4.79 Å². The molecule has 0 radical (unpaired) electrons. The number of anilines is 1. The van der Waals surface area contributed by atoms with E-state index in [2.05, 4.69) is 25.6 Å². The number of halogens is 1. The molecule has 24 heavy (non-hydrogen) atoms. The molecule has 2 aromatic rings. The summed E-state index contributed by atoms with van der Waals surface area (Å²) in [6.45, 7) is 2.19. The fourth-order valence-electron chi connectivity index (χ4n) is 2.97. The standard InChI is InChI=1S/C16H21ClN6O/c1-18-13-3-2-6-22(8-13)9-16(24)21-14-7-12(17)4-5-15(14)23-11-19-10-20-23/h4-5,7,10-11,13,18H,2-3,6,8-9H2,1H3,(H,21,24).